The van der Waals surface area contributed by atoms with Crippen molar-refractivity contribution in [2.45, 2.75) is 31.7 Å². The first-order valence-electron chi connectivity index (χ1n) is 9.45. The number of ketones is 1. The van der Waals surface area contributed by atoms with Crippen LogP contribution in [0.1, 0.15) is 41.5 Å². The van der Waals surface area contributed by atoms with E-state index in [4.69, 9.17) is 0 Å². The van der Waals surface area contributed by atoms with Crippen molar-refractivity contribution in [3.8, 4) is 0 Å². The highest BCUT2D eigenvalue weighted by atomic mass is 19.1. The summed E-state index contributed by atoms with van der Waals surface area (Å²) in [5, 5.41) is 7.41. The first kappa shape index (κ1) is 17.7. The number of rotatable bonds is 2. The van der Waals surface area contributed by atoms with Gasteiger partial charge in [-0.25, -0.2) is 13.5 Å². The molecule has 1 aromatic heterocycles. The third kappa shape index (κ3) is 3.03. The summed E-state index contributed by atoms with van der Waals surface area (Å²) >= 11 is 0. The first-order valence-corrected chi connectivity index (χ1v) is 9.45. The van der Waals surface area contributed by atoms with Gasteiger partial charge in [0.25, 0.3) is 0 Å². The van der Waals surface area contributed by atoms with Crippen LogP contribution in [0.2, 0.25) is 0 Å². The first-order chi connectivity index (χ1) is 14.0. The van der Waals surface area contributed by atoms with Crippen molar-refractivity contribution < 1.29 is 13.6 Å². The van der Waals surface area contributed by atoms with Gasteiger partial charge in [0.05, 0.1) is 0 Å². The number of anilines is 1. The van der Waals surface area contributed by atoms with E-state index in [2.05, 4.69) is 21.5 Å². The highest BCUT2D eigenvalue weighted by molar-refractivity contribution is 6.00. The van der Waals surface area contributed by atoms with Crippen LogP contribution in [0.25, 0.3) is 0 Å². The molecule has 2 aliphatic rings. The van der Waals surface area contributed by atoms with Crippen LogP contribution < -0.4 is 5.32 Å². The maximum atomic E-state index is 13.9. The normalized spacial score (nSPS) is 20.9. The van der Waals surface area contributed by atoms with Gasteiger partial charge >= 0.3 is 0 Å². The number of aromatic nitrogens is 3. The number of halogens is 2. The molecule has 3 aromatic rings. The third-order valence-electron chi connectivity index (χ3n) is 5.58. The van der Waals surface area contributed by atoms with Gasteiger partial charge in [0.1, 0.15) is 24.0 Å². The number of hydrogen-bond acceptors (Lipinski definition) is 4. The summed E-state index contributed by atoms with van der Waals surface area (Å²) in [6.07, 6.45) is 2.32. The average Bonchev–Trinajstić information content (AvgIpc) is 3.13. The van der Waals surface area contributed by atoms with Crippen molar-refractivity contribution >= 4 is 11.7 Å². The molecule has 1 aliphatic heterocycles. The summed E-state index contributed by atoms with van der Waals surface area (Å²) in [6.45, 7) is 2.02. The van der Waals surface area contributed by atoms with Crippen LogP contribution in [-0.4, -0.2) is 20.5 Å². The molecule has 5 rings (SSSR count). The number of nitrogens with zero attached hydrogens (tertiary/aromatic N) is 3. The number of allylic oxidation sites excluding steroid dienone is 2. The summed E-state index contributed by atoms with van der Waals surface area (Å²) < 4.78 is 29.4. The molecule has 7 heteroatoms. The zero-order valence-corrected chi connectivity index (χ0v) is 15.7. The van der Waals surface area contributed by atoms with Gasteiger partial charge in [0.15, 0.2) is 5.78 Å². The summed E-state index contributed by atoms with van der Waals surface area (Å²) in [5.41, 5.74) is 3.82. The lowest BCUT2D eigenvalue weighted by Gasteiger charge is -2.35. The highest BCUT2D eigenvalue weighted by Gasteiger charge is 2.39. The van der Waals surface area contributed by atoms with E-state index in [1.807, 2.05) is 25.1 Å². The fourth-order valence-electron chi connectivity index (χ4n) is 4.35. The third-order valence-corrected chi connectivity index (χ3v) is 5.58. The Labute approximate surface area is 166 Å². The number of benzene rings is 2. The lowest BCUT2D eigenvalue weighted by molar-refractivity contribution is -0.116. The molecule has 0 bridgehead atoms. The van der Waals surface area contributed by atoms with Gasteiger partial charge in [-0.05, 0) is 42.5 Å². The van der Waals surface area contributed by atoms with Gasteiger partial charge < -0.3 is 5.32 Å². The molecule has 29 heavy (non-hydrogen) atoms. The van der Waals surface area contributed by atoms with Crippen LogP contribution in [0, 0.1) is 18.6 Å². The number of nitrogens with one attached hydrogen (secondary N) is 1. The molecule has 0 spiro atoms. The predicted octanol–water partition coefficient (Wildman–Crippen LogP) is 4.28. The Hall–Kier alpha value is -3.35. The molecule has 1 N–H and O–H groups in total. The number of fused-ring (bicyclic) bond motifs is 1. The van der Waals surface area contributed by atoms with Gasteiger partial charge in [-0.2, -0.15) is 10.1 Å². The number of Topliss-reactive ketones (excluding diaryl/α,β-unsaturated/α-hetero) is 1. The molecule has 0 fully saturated rings. The summed E-state index contributed by atoms with van der Waals surface area (Å²) in [6, 6.07) is 10.7. The molecular weight excluding hydrogens is 374 g/mol. The molecule has 2 atom stereocenters. The fraction of sp³-hybridized carbons (Fsp3) is 0.227. The van der Waals surface area contributed by atoms with Crippen LogP contribution in [0.3, 0.4) is 0 Å². The Morgan fingerprint density at radius 1 is 1.07 bits per heavy atom. The Morgan fingerprint density at radius 3 is 2.62 bits per heavy atom. The molecule has 2 aromatic carbocycles. The SMILES string of the molecule is Cc1cccc([C@H]2CC(=O)C3=C(C2)Nc2ncnn2[C@@H]3c2cc(F)cc(F)c2)c1. The van der Waals surface area contributed by atoms with Gasteiger partial charge in [-0.15, -0.1) is 0 Å². The Bertz CT molecular complexity index is 1150. The molecule has 0 unspecified atom stereocenters. The number of carbonyl (C=O) groups excluding carboxylic acids is 1. The van der Waals surface area contributed by atoms with E-state index in [0.717, 1.165) is 22.9 Å². The minimum absolute atomic E-state index is 0.0352. The van der Waals surface area contributed by atoms with Crippen molar-refractivity contribution in [3.05, 3.63) is 88.4 Å². The molecule has 5 nitrogen and oxygen atoms in total. The monoisotopic (exact) mass is 392 g/mol. The summed E-state index contributed by atoms with van der Waals surface area (Å²) in [4.78, 5) is 17.4. The molecule has 0 radical (unpaired) electrons. The van der Waals surface area contributed by atoms with E-state index in [1.54, 1.807) is 0 Å². The van der Waals surface area contributed by atoms with E-state index in [1.165, 1.54) is 23.1 Å². The standard InChI is InChI=1S/C22H18F2N4O/c1-12-3-2-4-13(5-12)14-8-18-20(19(29)9-14)21(28-22(27-18)25-11-26-28)15-6-16(23)10-17(24)7-15/h2-7,10-11,14,21H,8-9H2,1H3,(H,25,26,27)/t14-,21-/m1/s1. The molecule has 1 aliphatic carbocycles. The van der Waals surface area contributed by atoms with E-state index in [9.17, 15) is 13.6 Å². The second-order valence-corrected chi connectivity index (χ2v) is 7.59. The molecule has 2 heterocycles. The van der Waals surface area contributed by atoms with Crippen LogP contribution in [0.5, 0.6) is 0 Å². The maximum absolute atomic E-state index is 13.9. The predicted molar refractivity (Wildman–Crippen MR) is 103 cm³/mol. The second kappa shape index (κ2) is 6.62. The highest BCUT2D eigenvalue weighted by Crippen LogP contribution is 2.44. The Kier molecular flexibility index (Phi) is 4.04. The molecular formula is C22H18F2N4O. The van der Waals surface area contributed by atoms with E-state index in [0.29, 0.717) is 29.9 Å². The van der Waals surface area contributed by atoms with Crippen LogP contribution in [0.4, 0.5) is 14.7 Å². The van der Waals surface area contributed by atoms with Crippen molar-refractivity contribution in [2.75, 3.05) is 5.32 Å². The van der Waals surface area contributed by atoms with Crippen molar-refractivity contribution in [3.63, 3.8) is 0 Å². The van der Waals surface area contributed by atoms with Gasteiger partial charge in [-0.1, -0.05) is 29.8 Å². The molecule has 146 valence electrons. The quantitative estimate of drug-likeness (QED) is 0.707. The molecule has 0 amide bonds. The van der Waals surface area contributed by atoms with Crippen LogP contribution in [-0.2, 0) is 4.79 Å². The Morgan fingerprint density at radius 2 is 1.86 bits per heavy atom. The average molecular weight is 392 g/mol. The largest absolute Gasteiger partial charge is 0.328 e. The van der Waals surface area contributed by atoms with Gasteiger partial charge in [0, 0.05) is 23.8 Å². The smallest absolute Gasteiger partial charge is 0.226 e. The topological polar surface area (TPSA) is 59.8 Å². The zero-order valence-electron chi connectivity index (χ0n) is 15.7. The van der Waals surface area contributed by atoms with E-state index >= 15 is 0 Å². The number of aryl methyl sites for hydroxylation is 1. The van der Waals surface area contributed by atoms with E-state index in [-0.39, 0.29) is 11.7 Å². The van der Waals surface area contributed by atoms with Crippen LogP contribution >= 0.6 is 0 Å². The van der Waals surface area contributed by atoms with Crippen molar-refractivity contribution in [1.82, 2.24) is 14.8 Å². The minimum atomic E-state index is -0.708. The number of carbonyl (C=O) groups is 1. The maximum Gasteiger partial charge on any atom is 0.226 e. The lowest BCUT2D eigenvalue weighted by atomic mass is 9.77. The zero-order chi connectivity index (χ0) is 20.1. The van der Waals surface area contributed by atoms with E-state index < -0.39 is 17.7 Å². The van der Waals surface area contributed by atoms with Crippen molar-refractivity contribution in [1.29, 1.82) is 0 Å². The number of hydrogen-bond donors (Lipinski definition) is 1. The Balaban J connectivity index is 1.62. The van der Waals surface area contributed by atoms with Gasteiger partial charge in [-0.3, -0.25) is 4.79 Å². The fourth-order valence-corrected chi connectivity index (χ4v) is 4.35. The summed E-state index contributed by atoms with van der Waals surface area (Å²) in [7, 11) is 0. The van der Waals surface area contributed by atoms with Gasteiger partial charge in [0.2, 0.25) is 5.95 Å². The minimum Gasteiger partial charge on any atom is -0.328 e. The lowest BCUT2D eigenvalue weighted by Crippen LogP contribution is -2.33. The van der Waals surface area contributed by atoms with Crippen molar-refractivity contribution in [2.24, 2.45) is 0 Å². The second-order valence-electron chi connectivity index (χ2n) is 7.59. The molecule has 0 saturated heterocycles. The molecule has 0 saturated carbocycles. The van der Waals surface area contributed by atoms with Crippen LogP contribution in [0.15, 0.2) is 60.1 Å². The summed E-state index contributed by atoms with van der Waals surface area (Å²) in [5.74, 6) is -0.948.